The lowest BCUT2D eigenvalue weighted by atomic mass is 10.0. The van der Waals surface area contributed by atoms with E-state index < -0.39 is 0 Å². The number of hydrogen-bond donors (Lipinski definition) is 0. The molecule has 2 heterocycles. The topological polar surface area (TPSA) is 56.9 Å². The number of hydrogen-bond acceptors (Lipinski definition) is 3. The third kappa shape index (κ3) is 3.55. The van der Waals surface area contributed by atoms with Gasteiger partial charge in [-0.2, -0.15) is 0 Å². The van der Waals surface area contributed by atoms with Gasteiger partial charge >= 0.3 is 5.69 Å². The predicted molar refractivity (Wildman–Crippen MR) is 123 cm³/mol. The average Bonchev–Trinajstić information content (AvgIpc) is 2.82. The van der Waals surface area contributed by atoms with E-state index in [0.717, 1.165) is 21.9 Å². The van der Waals surface area contributed by atoms with Gasteiger partial charge in [0.15, 0.2) is 5.52 Å². The van der Waals surface area contributed by atoms with Crippen LogP contribution in [0.3, 0.4) is 0 Å². The van der Waals surface area contributed by atoms with E-state index in [1.54, 1.807) is 22.9 Å². The Bertz CT molecular complexity index is 1500. The Hall–Kier alpha value is -3.99. The quantitative estimate of drug-likeness (QED) is 0.442. The predicted octanol–water partition coefficient (Wildman–Crippen LogP) is 4.00. The molecule has 0 atom stereocenters. The van der Waals surface area contributed by atoms with Crippen LogP contribution < -0.4 is 11.2 Å². The summed E-state index contributed by atoms with van der Waals surface area (Å²) in [7, 11) is 0. The summed E-state index contributed by atoms with van der Waals surface area (Å²) in [6, 6.07) is 27.6. The molecule has 0 fully saturated rings. The van der Waals surface area contributed by atoms with Crippen molar-refractivity contribution in [3.05, 3.63) is 123 Å². The monoisotopic (exact) mass is 407 g/mol. The second kappa shape index (κ2) is 8.03. The number of fused-ring (bicyclic) bond motifs is 2. The van der Waals surface area contributed by atoms with Crippen LogP contribution in [0.5, 0.6) is 0 Å². The second-order valence-corrected chi connectivity index (χ2v) is 7.57. The van der Waals surface area contributed by atoms with Gasteiger partial charge in [-0.1, -0.05) is 72.8 Å². The van der Waals surface area contributed by atoms with E-state index in [0.29, 0.717) is 30.5 Å². The summed E-state index contributed by atoms with van der Waals surface area (Å²) in [5, 5.41) is 2.21. The zero-order valence-corrected chi connectivity index (χ0v) is 16.9. The van der Waals surface area contributed by atoms with Crippen molar-refractivity contribution in [2.24, 2.45) is 0 Å². The van der Waals surface area contributed by atoms with Crippen LogP contribution in [0.4, 0.5) is 0 Å². The number of benzene rings is 3. The van der Waals surface area contributed by atoms with Crippen molar-refractivity contribution in [1.29, 1.82) is 0 Å². The SMILES string of the molecule is O=c1c2ncccc2n(Cc2cccc3ccccc23)c(=O)n1CCc1ccccc1. The lowest BCUT2D eigenvalue weighted by molar-refractivity contribution is 0.589. The zero-order valence-electron chi connectivity index (χ0n) is 16.9. The minimum Gasteiger partial charge on any atom is -0.287 e. The number of aromatic nitrogens is 3. The highest BCUT2D eigenvalue weighted by Gasteiger charge is 2.15. The van der Waals surface area contributed by atoms with Gasteiger partial charge in [-0.05, 0) is 40.5 Å². The molecule has 5 heteroatoms. The Morgan fingerprint density at radius 1 is 0.742 bits per heavy atom. The first-order valence-electron chi connectivity index (χ1n) is 10.3. The van der Waals surface area contributed by atoms with Gasteiger partial charge in [0.2, 0.25) is 0 Å². The summed E-state index contributed by atoms with van der Waals surface area (Å²) in [4.78, 5) is 30.8. The summed E-state index contributed by atoms with van der Waals surface area (Å²) in [6.07, 6.45) is 2.20. The molecular weight excluding hydrogens is 386 g/mol. The molecule has 5 aromatic rings. The minimum atomic E-state index is -0.342. The van der Waals surface area contributed by atoms with Crippen LogP contribution in [-0.4, -0.2) is 14.1 Å². The standard InChI is InChI=1S/C26H21N3O2/c30-25-24-23(14-7-16-27-24)29(18-21-12-6-11-20-10-4-5-13-22(20)21)26(31)28(25)17-15-19-8-2-1-3-9-19/h1-14,16H,15,17-18H2. The first-order chi connectivity index (χ1) is 15.2. The molecule has 0 spiro atoms. The molecule has 0 aliphatic rings. The summed E-state index contributed by atoms with van der Waals surface area (Å²) >= 11 is 0. The molecule has 0 saturated carbocycles. The van der Waals surface area contributed by atoms with E-state index in [1.165, 1.54) is 4.57 Å². The van der Waals surface area contributed by atoms with Crippen LogP contribution in [0.15, 0.2) is 101 Å². The third-order valence-electron chi connectivity index (χ3n) is 5.66. The molecule has 0 aliphatic heterocycles. The Morgan fingerprint density at radius 2 is 1.52 bits per heavy atom. The maximum atomic E-state index is 13.5. The molecule has 0 bridgehead atoms. The molecule has 0 unspecified atom stereocenters. The summed E-state index contributed by atoms with van der Waals surface area (Å²) in [6.45, 7) is 0.678. The normalized spacial score (nSPS) is 11.2. The highest BCUT2D eigenvalue weighted by atomic mass is 16.2. The van der Waals surface area contributed by atoms with Crippen molar-refractivity contribution in [2.45, 2.75) is 19.5 Å². The molecule has 0 radical (unpaired) electrons. The van der Waals surface area contributed by atoms with Gasteiger partial charge in [-0.25, -0.2) is 9.78 Å². The van der Waals surface area contributed by atoms with Crippen molar-refractivity contribution >= 4 is 21.8 Å². The van der Waals surface area contributed by atoms with E-state index in [9.17, 15) is 9.59 Å². The van der Waals surface area contributed by atoms with E-state index in [-0.39, 0.29) is 11.2 Å². The highest BCUT2D eigenvalue weighted by molar-refractivity contribution is 5.85. The van der Waals surface area contributed by atoms with Gasteiger partial charge in [0, 0.05) is 12.7 Å². The highest BCUT2D eigenvalue weighted by Crippen LogP contribution is 2.20. The molecule has 0 amide bonds. The molecular formula is C26H21N3O2. The number of pyridine rings is 1. The van der Waals surface area contributed by atoms with E-state index in [1.807, 2.05) is 54.6 Å². The summed E-state index contributed by atoms with van der Waals surface area (Å²) in [5.41, 5.74) is 2.32. The van der Waals surface area contributed by atoms with Crippen LogP contribution >= 0.6 is 0 Å². The summed E-state index contributed by atoms with van der Waals surface area (Å²) in [5.74, 6) is 0. The van der Waals surface area contributed by atoms with Crippen molar-refractivity contribution in [1.82, 2.24) is 14.1 Å². The van der Waals surface area contributed by atoms with Gasteiger partial charge in [-0.3, -0.25) is 13.9 Å². The maximum Gasteiger partial charge on any atom is 0.331 e. The Balaban J connectivity index is 1.65. The lowest BCUT2D eigenvalue weighted by Crippen LogP contribution is -2.41. The molecule has 0 saturated heterocycles. The molecule has 5 nitrogen and oxygen atoms in total. The Kier molecular flexibility index (Phi) is 4.92. The first-order valence-corrected chi connectivity index (χ1v) is 10.3. The molecule has 3 aromatic carbocycles. The molecule has 152 valence electrons. The van der Waals surface area contributed by atoms with Crippen LogP contribution in [0.1, 0.15) is 11.1 Å². The number of rotatable bonds is 5. The van der Waals surface area contributed by atoms with Gasteiger partial charge in [0.05, 0.1) is 12.1 Å². The molecule has 31 heavy (non-hydrogen) atoms. The van der Waals surface area contributed by atoms with Crippen molar-refractivity contribution in [2.75, 3.05) is 0 Å². The van der Waals surface area contributed by atoms with Crippen molar-refractivity contribution < 1.29 is 0 Å². The van der Waals surface area contributed by atoms with Gasteiger partial charge in [0.1, 0.15) is 0 Å². The largest absolute Gasteiger partial charge is 0.331 e. The fraction of sp³-hybridized carbons (Fsp3) is 0.115. The Labute approximate surface area is 178 Å². The molecule has 5 rings (SSSR count). The van der Waals surface area contributed by atoms with Crippen LogP contribution in [-0.2, 0) is 19.5 Å². The third-order valence-corrected chi connectivity index (χ3v) is 5.66. The lowest BCUT2D eigenvalue weighted by Gasteiger charge is -2.15. The first kappa shape index (κ1) is 19.0. The van der Waals surface area contributed by atoms with Crippen molar-refractivity contribution in [3.63, 3.8) is 0 Å². The van der Waals surface area contributed by atoms with E-state index in [4.69, 9.17) is 0 Å². The number of nitrogens with zero attached hydrogens (tertiary/aromatic N) is 3. The smallest absolute Gasteiger partial charge is 0.287 e. The Morgan fingerprint density at radius 3 is 2.39 bits per heavy atom. The molecule has 0 N–H and O–H groups in total. The van der Waals surface area contributed by atoms with Gasteiger partial charge < -0.3 is 0 Å². The van der Waals surface area contributed by atoms with Crippen LogP contribution in [0, 0.1) is 0 Å². The summed E-state index contributed by atoms with van der Waals surface area (Å²) < 4.78 is 2.98. The van der Waals surface area contributed by atoms with E-state index in [2.05, 4.69) is 23.2 Å². The number of aryl methyl sites for hydroxylation is 1. The van der Waals surface area contributed by atoms with Gasteiger partial charge in [-0.15, -0.1) is 0 Å². The second-order valence-electron chi connectivity index (χ2n) is 7.57. The molecule has 0 aliphatic carbocycles. The average molecular weight is 407 g/mol. The fourth-order valence-electron chi connectivity index (χ4n) is 4.08. The van der Waals surface area contributed by atoms with E-state index >= 15 is 0 Å². The van der Waals surface area contributed by atoms with Crippen molar-refractivity contribution in [3.8, 4) is 0 Å². The maximum absolute atomic E-state index is 13.5. The van der Waals surface area contributed by atoms with Crippen LogP contribution in [0.2, 0.25) is 0 Å². The molecule has 2 aromatic heterocycles. The van der Waals surface area contributed by atoms with Crippen LogP contribution in [0.25, 0.3) is 21.8 Å². The fourth-order valence-corrected chi connectivity index (χ4v) is 4.08. The van der Waals surface area contributed by atoms with Gasteiger partial charge in [0.25, 0.3) is 5.56 Å². The minimum absolute atomic E-state index is 0.309. The zero-order chi connectivity index (χ0) is 21.2.